The van der Waals surface area contributed by atoms with E-state index in [-0.39, 0.29) is 18.3 Å². The van der Waals surface area contributed by atoms with E-state index in [1.807, 2.05) is 26.8 Å². The van der Waals surface area contributed by atoms with Crippen molar-refractivity contribution in [2.24, 2.45) is 4.99 Å². The summed E-state index contributed by atoms with van der Waals surface area (Å²) in [5, 5.41) is 10.2. The SMILES string of the molecule is CCNC(=NCc1cccnc1OCC(F)(F)F)NCc1cc(C(C)C)no1. The molecule has 154 valence electrons. The van der Waals surface area contributed by atoms with Gasteiger partial charge in [0.25, 0.3) is 0 Å². The van der Waals surface area contributed by atoms with Gasteiger partial charge in [0.2, 0.25) is 5.88 Å². The molecule has 0 unspecified atom stereocenters. The molecule has 2 aromatic rings. The van der Waals surface area contributed by atoms with Crippen LogP contribution < -0.4 is 15.4 Å². The zero-order valence-corrected chi connectivity index (χ0v) is 16.0. The van der Waals surface area contributed by atoms with E-state index in [1.54, 1.807) is 12.1 Å². The zero-order valence-electron chi connectivity index (χ0n) is 16.0. The summed E-state index contributed by atoms with van der Waals surface area (Å²) in [6, 6.07) is 5.11. The van der Waals surface area contributed by atoms with E-state index >= 15 is 0 Å². The molecule has 0 aliphatic carbocycles. The van der Waals surface area contributed by atoms with Gasteiger partial charge in [-0.05, 0) is 18.9 Å². The van der Waals surface area contributed by atoms with Gasteiger partial charge in [-0.2, -0.15) is 13.2 Å². The lowest BCUT2D eigenvalue weighted by Crippen LogP contribution is -2.36. The average molecular weight is 399 g/mol. The number of hydrogen-bond donors (Lipinski definition) is 2. The molecule has 2 rings (SSSR count). The number of halogens is 3. The van der Waals surface area contributed by atoms with Gasteiger partial charge in [0.15, 0.2) is 18.3 Å². The smallest absolute Gasteiger partial charge is 0.422 e. The van der Waals surface area contributed by atoms with Crippen LogP contribution in [-0.2, 0) is 13.1 Å². The van der Waals surface area contributed by atoms with Crippen molar-refractivity contribution in [3.05, 3.63) is 41.4 Å². The van der Waals surface area contributed by atoms with Gasteiger partial charge in [0.1, 0.15) is 0 Å². The lowest BCUT2D eigenvalue weighted by Gasteiger charge is -2.12. The molecular weight excluding hydrogens is 375 g/mol. The number of nitrogens with zero attached hydrogens (tertiary/aromatic N) is 3. The first-order valence-electron chi connectivity index (χ1n) is 8.89. The van der Waals surface area contributed by atoms with E-state index in [4.69, 9.17) is 9.26 Å². The Morgan fingerprint density at radius 1 is 1.32 bits per heavy atom. The maximum atomic E-state index is 12.4. The maximum absolute atomic E-state index is 12.4. The lowest BCUT2D eigenvalue weighted by atomic mass is 10.1. The second-order valence-electron chi connectivity index (χ2n) is 6.29. The predicted molar refractivity (Wildman–Crippen MR) is 98.0 cm³/mol. The first-order valence-corrected chi connectivity index (χ1v) is 8.89. The van der Waals surface area contributed by atoms with Crippen molar-refractivity contribution in [2.75, 3.05) is 13.2 Å². The van der Waals surface area contributed by atoms with Crippen LogP contribution in [0.4, 0.5) is 13.2 Å². The monoisotopic (exact) mass is 399 g/mol. The van der Waals surface area contributed by atoms with Gasteiger partial charge >= 0.3 is 6.18 Å². The molecule has 0 radical (unpaired) electrons. The molecule has 0 spiro atoms. The summed E-state index contributed by atoms with van der Waals surface area (Å²) in [6.07, 6.45) is -3.06. The summed E-state index contributed by atoms with van der Waals surface area (Å²) in [5.74, 6) is 1.32. The number of rotatable bonds is 8. The first-order chi connectivity index (χ1) is 13.3. The largest absolute Gasteiger partial charge is 0.468 e. The van der Waals surface area contributed by atoms with Crippen LogP contribution >= 0.6 is 0 Å². The van der Waals surface area contributed by atoms with Crippen molar-refractivity contribution >= 4 is 5.96 Å². The normalized spacial score (nSPS) is 12.3. The van der Waals surface area contributed by atoms with Gasteiger partial charge in [-0.3, -0.25) is 0 Å². The summed E-state index contributed by atoms with van der Waals surface area (Å²) in [5.41, 5.74) is 1.31. The Hall–Kier alpha value is -2.78. The van der Waals surface area contributed by atoms with E-state index in [0.29, 0.717) is 30.4 Å². The molecule has 0 aliphatic heterocycles. The molecule has 0 saturated heterocycles. The number of alkyl halides is 3. The predicted octanol–water partition coefficient (Wildman–Crippen LogP) is 3.39. The van der Waals surface area contributed by atoms with Crippen LogP contribution in [-0.4, -0.2) is 35.4 Å². The molecule has 2 aromatic heterocycles. The highest BCUT2D eigenvalue weighted by atomic mass is 19.4. The second-order valence-corrected chi connectivity index (χ2v) is 6.29. The highest BCUT2D eigenvalue weighted by Crippen LogP contribution is 2.20. The second kappa shape index (κ2) is 9.95. The fraction of sp³-hybridized carbons (Fsp3) is 0.500. The Balaban J connectivity index is 2.01. The van der Waals surface area contributed by atoms with Gasteiger partial charge in [-0.25, -0.2) is 9.98 Å². The number of aromatic nitrogens is 2. The lowest BCUT2D eigenvalue weighted by molar-refractivity contribution is -0.154. The Labute approximate surface area is 161 Å². The van der Waals surface area contributed by atoms with Crippen LogP contribution in [0, 0.1) is 0 Å². The van der Waals surface area contributed by atoms with Gasteiger partial charge in [-0.1, -0.05) is 25.1 Å². The Morgan fingerprint density at radius 2 is 2.11 bits per heavy atom. The minimum absolute atomic E-state index is 0.0868. The van der Waals surface area contributed by atoms with Gasteiger partial charge in [0, 0.05) is 24.4 Å². The standard InChI is InChI=1S/C18H24F3N5O2/c1-4-22-17(25-10-14-8-15(12(2)3)26-28-14)24-9-13-6-5-7-23-16(13)27-11-18(19,20)21/h5-8,12H,4,9-11H2,1-3H3,(H2,22,24,25). The minimum atomic E-state index is -4.43. The highest BCUT2D eigenvalue weighted by molar-refractivity contribution is 5.79. The highest BCUT2D eigenvalue weighted by Gasteiger charge is 2.29. The Bertz CT molecular complexity index is 775. The number of nitrogens with one attached hydrogen (secondary N) is 2. The van der Waals surface area contributed by atoms with Crippen molar-refractivity contribution in [3.8, 4) is 5.88 Å². The Morgan fingerprint density at radius 3 is 2.75 bits per heavy atom. The van der Waals surface area contributed by atoms with E-state index in [2.05, 4.69) is 25.8 Å². The molecule has 0 bridgehead atoms. The summed E-state index contributed by atoms with van der Waals surface area (Å²) in [4.78, 5) is 8.24. The number of aliphatic imine (C=N–C) groups is 1. The quantitative estimate of drug-likeness (QED) is 0.523. The molecular formula is C18H24F3N5O2. The molecule has 2 heterocycles. The molecule has 0 aromatic carbocycles. The minimum Gasteiger partial charge on any atom is -0.468 e. The summed E-state index contributed by atoms with van der Waals surface area (Å²) in [7, 11) is 0. The topological polar surface area (TPSA) is 84.6 Å². The molecule has 0 aliphatic rings. The third kappa shape index (κ3) is 7.09. The third-order valence-corrected chi connectivity index (χ3v) is 3.57. The van der Waals surface area contributed by atoms with E-state index in [9.17, 15) is 13.2 Å². The Kier molecular flexibility index (Phi) is 7.65. The van der Waals surface area contributed by atoms with Gasteiger partial charge in [-0.15, -0.1) is 0 Å². The van der Waals surface area contributed by atoms with Crippen LogP contribution in [0.25, 0.3) is 0 Å². The molecule has 10 heteroatoms. The molecule has 7 nitrogen and oxygen atoms in total. The summed E-state index contributed by atoms with van der Waals surface area (Å²) in [6.45, 7) is 5.64. The number of guanidine groups is 1. The van der Waals surface area contributed by atoms with Crippen LogP contribution in [0.2, 0.25) is 0 Å². The number of ether oxygens (including phenoxy) is 1. The van der Waals surface area contributed by atoms with Gasteiger partial charge in [0.05, 0.1) is 18.8 Å². The molecule has 0 atom stereocenters. The molecule has 2 N–H and O–H groups in total. The van der Waals surface area contributed by atoms with Crippen molar-refractivity contribution in [1.29, 1.82) is 0 Å². The van der Waals surface area contributed by atoms with Crippen molar-refractivity contribution in [3.63, 3.8) is 0 Å². The van der Waals surface area contributed by atoms with Crippen LogP contribution in [0.5, 0.6) is 5.88 Å². The summed E-state index contributed by atoms with van der Waals surface area (Å²) >= 11 is 0. The van der Waals surface area contributed by atoms with E-state index in [1.165, 1.54) is 6.20 Å². The van der Waals surface area contributed by atoms with Crippen molar-refractivity contribution < 1.29 is 22.4 Å². The third-order valence-electron chi connectivity index (χ3n) is 3.57. The fourth-order valence-electron chi connectivity index (χ4n) is 2.19. The first kappa shape index (κ1) is 21.5. The molecule has 0 amide bonds. The average Bonchev–Trinajstić information content (AvgIpc) is 3.12. The van der Waals surface area contributed by atoms with E-state index < -0.39 is 12.8 Å². The molecule has 0 saturated carbocycles. The van der Waals surface area contributed by atoms with Gasteiger partial charge < -0.3 is 19.9 Å². The van der Waals surface area contributed by atoms with Crippen molar-refractivity contribution in [2.45, 2.75) is 46.0 Å². The zero-order chi connectivity index (χ0) is 20.6. The van der Waals surface area contributed by atoms with Crippen molar-refractivity contribution in [1.82, 2.24) is 20.8 Å². The van der Waals surface area contributed by atoms with E-state index in [0.717, 1.165) is 5.69 Å². The molecule has 0 fully saturated rings. The fourth-order valence-corrected chi connectivity index (χ4v) is 2.19. The van der Waals surface area contributed by atoms with Crippen LogP contribution in [0.3, 0.4) is 0 Å². The summed E-state index contributed by atoms with van der Waals surface area (Å²) < 4.78 is 47.2. The van der Waals surface area contributed by atoms with Crippen LogP contribution in [0.15, 0.2) is 33.9 Å². The number of pyridine rings is 1. The molecule has 28 heavy (non-hydrogen) atoms. The number of hydrogen-bond acceptors (Lipinski definition) is 5. The maximum Gasteiger partial charge on any atom is 0.422 e. The van der Waals surface area contributed by atoms with Crippen LogP contribution in [0.1, 0.15) is 43.7 Å².